The van der Waals surface area contributed by atoms with Crippen LogP contribution in [0.15, 0.2) is 30.3 Å². The van der Waals surface area contributed by atoms with Gasteiger partial charge in [-0.1, -0.05) is 6.07 Å². The van der Waals surface area contributed by atoms with Gasteiger partial charge >= 0.3 is 0 Å². The second-order valence-electron chi connectivity index (χ2n) is 7.07. The number of hydrogen-bond acceptors (Lipinski definition) is 7. The zero-order chi connectivity index (χ0) is 21.5. The van der Waals surface area contributed by atoms with E-state index < -0.39 is 0 Å². The quantitative estimate of drug-likeness (QED) is 0.539. The molecule has 9 heteroatoms. The first kappa shape index (κ1) is 21.4. The Morgan fingerprint density at radius 3 is 2.83 bits per heavy atom. The summed E-state index contributed by atoms with van der Waals surface area (Å²) < 4.78 is 5.22. The van der Waals surface area contributed by atoms with E-state index in [4.69, 9.17) is 4.74 Å². The maximum atomic E-state index is 12.5. The third-order valence-electron chi connectivity index (χ3n) is 4.78. The van der Waals surface area contributed by atoms with Crippen molar-refractivity contribution in [1.82, 2.24) is 15.3 Å². The first-order chi connectivity index (χ1) is 14.5. The van der Waals surface area contributed by atoms with Crippen LogP contribution in [0.4, 0.5) is 17.5 Å². The predicted molar refractivity (Wildman–Crippen MR) is 116 cm³/mol. The monoisotopic (exact) mass is 412 g/mol. The van der Waals surface area contributed by atoms with E-state index in [9.17, 15) is 9.59 Å². The van der Waals surface area contributed by atoms with Gasteiger partial charge in [-0.15, -0.1) is 0 Å². The van der Waals surface area contributed by atoms with Crippen molar-refractivity contribution in [2.24, 2.45) is 5.92 Å². The highest BCUT2D eigenvalue weighted by atomic mass is 16.5. The number of aromatic nitrogens is 2. The molecule has 160 valence electrons. The predicted octanol–water partition coefficient (Wildman–Crippen LogP) is 1.81. The lowest BCUT2D eigenvalue weighted by Crippen LogP contribution is -2.35. The van der Waals surface area contributed by atoms with Crippen molar-refractivity contribution < 1.29 is 14.3 Å². The molecule has 0 radical (unpaired) electrons. The summed E-state index contributed by atoms with van der Waals surface area (Å²) >= 11 is 0. The minimum Gasteiger partial charge on any atom is -0.497 e. The van der Waals surface area contributed by atoms with Gasteiger partial charge in [0, 0.05) is 56.1 Å². The van der Waals surface area contributed by atoms with Crippen molar-refractivity contribution >= 4 is 29.3 Å². The summed E-state index contributed by atoms with van der Waals surface area (Å²) in [5.74, 6) is 1.38. The molecule has 0 spiro atoms. The fourth-order valence-electron chi connectivity index (χ4n) is 3.33. The number of nitrogens with one attached hydrogen (secondary N) is 3. The number of hydrogen-bond donors (Lipinski definition) is 3. The van der Waals surface area contributed by atoms with Gasteiger partial charge in [0.05, 0.1) is 13.0 Å². The molecule has 3 rings (SSSR count). The molecule has 1 aliphatic heterocycles. The molecule has 0 saturated carbocycles. The molecule has 1 saturated heterocycles. The lowest BCUT2D eigenvalue weighted by molar-refractivity contribution is -0.126. The Balaban J connectivity index is 1.48. The van der Waals surface area contributed by atoms with E-state index >= 15 is 0 Å². The van der Waals surface area contributed by atoms with Crippen LogP contribution in [0.3, 0.4) is 0 Å². The van der Waals surface area contributed by atoms with E-state index in [0.29, 0.717) is 31.3 Å². The second-order valence-corrected chi connectivity index (χ2v) is 7.07. The molecule has 1 aliphatic rings. The first-order valence-corrected chi connectivity index (χ1v) is 10.1. The Labute approximate surface area is 176 Å². The summed E-state index contributed by atoms with van der Waals surface area (Å²) in [5.41, 5.74) is 1.60. The zero-order valence-corrected chi connectivity index (χ0v) is 17.6. The summed E-state index contributed by atoms with van der Waals surface area (Å²) in [6.45, 7) is 5.94. The lowest BCUT2D eigenvalue weighted by atomic mass is 10.1. The number of nitrogens with zero attached hydrogens (tertiary/aromatic N) is 3. The standard InChI is InChI=1S/C21H28N6O3/c1-4-22-18-10-14(2)25-21(26-18)24-9-8-23-20(29)15-11-19(28)27(13-15)16-6-5-7-17(12-16)30-3/h5-7,10,12,15H,4,8-9,11,13H2,1-3H3,(H,23,29)(H2,22,24,25,26). The van der Waals surface area contributed by atoms with E-state index in [2.05, 4.69) is 25.9 Å². The van der Waals surface area contributed by atoms with Gasteiger partial charge in [0.25, 0.3) is 0 Å². The molecule has 2 amide bonds. The van der Waals surface area contributed by atoms with E-state index in [1.54, 1.807) is 18.1 Å². The summed E-state index contributed by atoms with van der Waals surface area (Å²) in [4.78, 5) is 35.3. The van der Waals surface area contributed by atoms with Crippen LogP contribution in [0, 0.1) is 12.8 Å². The fourth-order valence-corrected chi connectivity index (χ4v) is 3.33. The number of methoxy groups -OCH3 is 1. The van der Waals surface area contributed by atoms with Gasteiger partial charge in [0.15, 0.2) is 0 Å². The highest BCUT2D eigenvalue weighted by Crippen LogP contribution is 2.27. The minimum absolute atomic E-state index is 0.0642. The maximum absolute atomic E-state index is 12.5. The summed E-state index contributed by atoms with van der Waals surface area (Å²) in [5, 5.41) is 9.16. The lowest BCUT2D eigenvalue weighted by Gasteiger charge is -2.17. The molecule has 1 aromatic carbocycles. The van der Waals surface area contributed by atoms with Gasteiger partial charge < -0.3 is 25.6 Å². The average Bonchev–Trinajstić information content (AvgIpc) is 3.13. The van der Waals surface area contributed by atoms with Crippen LogP contribution in [0.1, 0.15) is 19.0 Å². The van der Waals surface area contributed by atoms with Gasteiger partial charge in [0.2, 0.25) is 17.8 Å². The van der Waals surface area contributed by atoms with E-state index in [1.807, 2.05) is 38.1 Å². The zero-order valence-electron chi connectivity index (χ0n) is 17.6. The number of benzene rings is 1. The number of anilines is 3. The molecule has 1 unspecified atom stereocenters. The minimum atomic E-state index is -0.376. The van der Waals surface area contributed by atoms with Crippen molar-refractivity contribution in [3.63, 3.8) is 0 Å². The molecule has 1 fully saturated rings. The van der Waals surface area contributed by atoms with Gasteiger partial charge in [-0.05, 0) is 26.0 Å². The number of amides is 2. The SMILES string of the molecule is CCNc1cc(C)nc(NCCNC(=O)C2CC(=O)N(c3cccc(OC)c3)C2)n1. The summed E-state index contributed by atoms with van der Waals surface area (Å²) in [6.07, 6.45) is 0.198. The smallest absolute Gasteiger partial charge is 0.227 e. The molecule has 0 bridgehead atoms. The Kier molecular flexibility index (Phi) is 7.05. The molecule has 0 aliphatic carbocycles. The molecule has 3 N–H and O–H groups in total. The third kappa shape index (κ3) is 5.37. The average molecular weight is 412 g/mol. The van der Waals surface area contributed by atoms with Crippen molar-refractivity contribution in [2.45, 2.75) is 20.3 Å². The van der Waals surface area contributed by atoms with Crippen LogP contribution in [0.2, 0.25) is 0 Å². The number of carbonyl (C=O) groups is 2. The van der Waals surface area contributed by atoms with Gasteiger partial charge in [0.1, 0.15) is 11.6 Å². The van der Waals surface area contributed by atoms with Crippen molar-refractivity contribution in [3.05, 3.63) is 36.0 Å². The highest BCUT2D eigenvalue weighted by Gasteiger charge is 2.35. The molecular formula is C21H28N6O3. The Morgan fingerprint density at radius 2 is 2.07 bits per heavy atom. The van der Waals surface area contributed by atoms with Crippen molar-refractivity contribution in [1.29, 1.82) is 0 Å². The highest BCUT2D eigenvalue weighted by molar-refractivity contribution is 6.00. The van der Waals surface area contributed by atoms with Gasteiger partial charge in [-0.2, -0.15) is 4.98 Å². The normalized spacial score (nSPS) is 15.8. The molecule has 1 aromatic heterocycles. The third-order valence-corrected chi connectivity index (χ3v) is 4.78. The number of aryl methyl sites for hydroxylation is 1. The first-order valence-electron chi connectivity index (χ1n) is 10.1. The Bertz CT molecular complexity index is 904. The van der Waals surface area contributed by atoms with E-state index in [1.165, 1.54) is 0 Å². The van der Waals surface area contributed by atoms with Crippen LogP contribution in [-0.2, 0) is 9.59 Å². The second kappa shape index (κ2) is 9.91. The maximum Gasteiger partial charge on any atom is 0.227 e. The van der Waals surface area contributed by atoms with Crippen LogP contribution in [-0.4, -0.2) is 55.1 Å². The van der Waals surface area contributed by atoms with Crippen molar-refractivity contribution in [2.75, 3.05) is 48.8 Å². The fraction of sp³-hybridized carbons (Fsp3) is 0.429. The molecule has 9 nitrogen and oxygen atoms in total. The Morgan fingerprint density at radius 1 is 1.23 bits per heavy atom. The summed E-state index contributed by atoms with van der Waals surface area (Å²) in [6, 6.07) is 9.16. The number of rotatable bonds is 9. The number of carbonyl (C=O) groups excluding carboxylic acids is 2. The topological polar surface area (TPSA) is 108 Å². The van der Waals surface area contributed by atoms with Crippen LogP contribution >= 0.6 is 0 Å². The molecule has 2 aromatic rings. The van der Waals surface area contributed by atoms with Gasteiger partial charge in [-0.3, -0.25) is 9.59 Å². The van der Waals surface area contributed by atoms with Crippen LogP contribution in [0.5, 0.6) is 5.75 Å². The van der Waals surface area contributed by atoms with Crippen molar-refractivity contribution in [3.8, 4) is 5.75 Å². The van der Waals surface area contributed by atoms with E-state index in [-0.39, 0.29) is 24.2 Å². The molecule has 1 atom stereocenters. The van der Waals surface area contributed by atoms with E-state index in [0.717, 1.165) is 23.7 Å². The van der Waals surface area contributed by atoms with Crippen LogP contribution < -0.4 is 25.6 Å². The van der Waals surface area contributed by atoms with Crippen LogP contribution in [0.25, 0.3) is 0 Å². The molecule has 30 heavy (non-hydrogen) atoms. The Hall–Kier alpha value is -3.36. The number of ether oxygens (including phenoxy) is 1. The largest absolute Gasteiger partial charge is 0.497 e. The van der Waals surface area contributed by atoms with Gasteiger partial charge in [-0.25, -0.2) is 4.98 Å². The molecule has 2 heterocycles. The summed E-state index contributed by atoms with van der Waals surface area (Å²) in [7, 11) is 1.58. The molecular weight excluding hydrogens is 384 g/mol.